The Hall–Kier alpha value is -3.82. The van der Waals surface area contributed by atoms with Crippen LogP contribution in [0, 0.1) is 6.92 Å². The first kappa shape index (κ1) is 26.8. The number of amides is 1. The van der Waals surface area contributed by atoms with Crippen LogP contribution in [0.15, 0.2) is 71.8 Å². The molecule has 1 saturated heterocycles. The highest BCUT2D eigenvalue weighted by Crippen LogP contribution is 2.27. The van der Waals surface area contributed by atoms with E-state index in [4.69, 9.17) is 9.72 Å². The summed E-state index contributed by atoms with van der Waals surface area (Å²) in [6, 6.07) is 18.9. The van der Waals surface area contributed by atoms with Gasteiger partial charge in [0.2, 0.25) is 5.91 Å². The third-order valence-electron chi connectivity index (χ3n) is 6.77. The molecule has 9 heteroatoms. The molecular weight excluding hydrogens is 512 g/mol. The Balaban J connectivity index is 1.35. The van der Waals surface area contributed by atoms with Crippen molar-refractivity contribution < 1.29 is 17.9 Å². The van der Waals surface area contributed by atoms with Gasteiger partial charge in [-0.2, -0.15) is 0 Å². The lowest BCUT2D eigenvalue weighted by atomic mass is 10.0. The number of aryl methyl sites for hydroxylation is 1. The normalized spacial score (nSPS) is 17.8. The van der Waals surface area contributed by atoms with Gasteiger partial charge in [-0.1, -0.05) is 24.3 Å². The smallest absolute Gasteiger partial charge is 0.230 e. The maximum Gasteiger partial charge on any atom is 0.230 e. The lowest BCUT2D eigenvalue weighted by molar-refractivity contribution is -0.115. The molecule has 1 amide bonds. The predicted octanol–water partition coefficient (Wildman–Crippen LogP) is 4.80. The summed E-state index contributed by atoms with van der Waals surface area (Å²) in [7, 11) is -3.39. The van der Waals surface area contributed by atoms with Crippen LogP contribution in [0.3, 0.4) is 0 Å². The average Bonchev–Trinajstić information content (AvgIpc) is 2.88. The van der Waals surface area contributed by atoms with E-state index < -0.39 is 9.84 Å². The van der Waals surface area contributed by atoms with Gasteiger partial charge in [-0.15, -0.1) is 0 Å². The van der Waals surface area contributed by atoms with E-state index in [2.05, 4.69) is 35.1 Å². The minimum atomic E-state index is -3.39. The van der Waals surface area contributed by atoms with Crippen molar-refractivity contribution in [2.24, 2.45) is 0 Å². The Kier molecular flexibility index (Phi) is 7.38. The van der Waals surface area contributed by atoms with E-state index in [0.29, 0.717) is 16.9 Å². The van der Waals surface area contributed by atoms with Crippen molar-refractivity contribution in [2.75, 3.05) is 29.6 Å². The quantitative estimate of drug-likeness (QED) is 0.372. The van der Waals surface area contributed by atoms with Crippen LogP contribution in [0.1, 0.15) is 25.1 Å². The molecule has 0 aliphatic carbocycles. The molecule has 202 valence electrons. The molecule has 1 fully saturated rings. The van der Waals surface area contributed by atoms with Crippen LogP contribution < -0.4 is 10.2 Å². The fourth-order valence-corrected chi connectivity index (χ4v) is 6.01. The van der Waals surface area contributed by atoms with E-state index >= 15 is 0 Å². The molecule has 1 aliphatic rings. The number of nitrogens with zero attached hydrogens (tertiary/aromatic N) is 3. The molecule has 2 atom stereocenters. The van der Waals surface area contributed by atoms with E-state index in [1.54, 1.807) is 25.3 Å². The molecule has 4 aromatic rings. The molecule has 1 N–H and O–H groups in total. The number of benzene rings is 2. The van der Waals surface area contributed by atoms with Gasteiger partial charge in [0.25, 0.3) is 0 Å². The van der Waals surface area contributed by atoms with E-state index in [-0.39, 0.29) is 29.4 Å². The summed E-state index contributed by atoms with van der Waals surface area (Å²) in [5.74, 6) is 0.654. The van der Waals surface area contributed by atoms with Crippen LogP contribution in [0.25, 0.3) is 22.0 Å². The summed E-state index contributed by atoms with van der Waals surface area (Å²) in [6.45, 7) is 7.48. The Morgan fingerprint density at radius 3 is 2.54 bits per heavy atom. The maximum absolute atomic E-state index is 12.8. The minimum Gasteiger partial charge on any atom is -0.372 e. The third kappa shape index (κ3) is 6.26. The monoisotopic (exact) mass is 544 g/mol. The van der Waals surface area contributed by atoms with Crippen molar-refractivity contribution in [3.63, 3.8) is 0 Å². The number of carbonyl (C=O) groups excluding carboxylic acids is 1. The van der Waals surface area contributed by atoms with E-state index in [0.717, 1.165) is 47.2 Å². The van der Waals surface area contributed by atoms with Gasteiger partial charge in [0.05, 0.1) is 34.9 Å². The number of fused-ring (bicyclic) bond motifs is 1. The summed E-state index contributed by atoms with van der Waals surface area (Å²) in [5.41, 5.74) is 3.54. The summed E-state index contributed by atoms with van der Waals surface area (Å²) >= 11 is 0. The highest BCUT2D eigenvalue weighted by atomic mass is 32.2. The number of hydrogen-bond donors (Lipinski definition) is 1. The summed E-state index contributed by atoms with van der Waals surface area (Å²) < 4.78 is 29.9. The van der Waals surface area contributed by atoms with E-state index in [9.17, 15) is 13.2 Å². The number of rotatable bonds is 6. The first-order valence-electron chi connectivity index (χ1n) is 12.9. The van der Waals surface area contributed by atoms with Gasteiger partial charge in [0.1, 0.15) is 5.82 Å². The summed E-state index contributed by atoms with van der Waals surface area (Å²) in [5, 5.41) is 4.72. The Morgan fingerprint density at radius 1 is 1.03 bits per heavy atom. The molecule has 0 saturated carbocycles. The van der Waals surface area contributed by atoms with Crippen molar-refractivity contribution in [1.82, 2.24) is 9.97 Å². The fourth-order valence-electron chi connectivity index (χ4n) is 5.01. The highest BCUT2D eigenvalue weighted by Gasteiger charge is 2.23. The molecule has 1 aliphatic heterocycles. The van der Waals surface area contributed by atoms with E-state index in [1.807, 2.05) is 36.4 Å². The van der Waals surface area contributed by atoms with Gasteiger partial charge in [-0.3, -0.25) is 9.78 Å². The number of nitrogens with one attached hydrogen (secondary N) is 1. The highest BCUT2D eigenvalue weighted by molar-refractivity contribution is 7.90. The zero-order valence-electron chi connectivity index (χ0n) is 22.5. The standard InChI is InChI=1S/C30H32N4O4S/c1-19-8-11-25(14-28(19)39(4,36)37)32-30(35)15-26-13-24-12-22(9-10-23(24)16-31-26)27-6-5-7-29(33-27)34-17-20(2)38-21(3)18-34/h5-14,16,20-21H,15,17-18H2,1-4H3,(H,32,35)/t20-,21+. The third-order valence-corrected chi connectivity index (χ3v) is 8.00. The number of carbonyl (C=O) groups is 1. The van der Waals surface area contributed by atoms with Crippen molar-refractivity contribution in [3.8, 4) is 11.3 Å². The predicted molar refractivity (Wildman–Crippen MR) is 154 cm³/mol. The number of aromatic nitrogens is 2. The zero-order chi connectivity index (χ0) is 27.7. The molecule has 2 aromatic heterocycles. The van der Waals surface area contributed by atoms with Gasteiger partial charge < -0.3 is 15.0 Å². The second-order valence-electron chi connectivity index (χ2n) is 10.3. The Labute approximate surface area is 229 Å². The molecule has 0 bridgehead atoms. The number of hydrogen-bond acceptors (Lipinski definition) is 7. The van der Waals surface area contributed by atoms with Gasteiger partial charge in [-0.25, -0.2) is 13.4 Å². The first-order valence-corrected chi connectivity index (χ1v) is 14.8. The van der Waals surface area contributed by atoms with Crippen molar-refractivity contribution in [1.29, 1.82) is 0 Å². The largest absolute Gasteiger partial charge is 0.372 e. The zero-order valence-corrected chi connectivity index (χ0v) is 23.3. The van der Waals surface area contributed by atoms with Crippen LogP contribution >= 0.6 is 0 Å². The first-order chi connectivity index (χ1) is 18.5. The number of pyridine rings is 2. The van der Waals surface area contributed by atoms with Crippen LogP contribution in [0.5, 0.6) is 0 Å². The van der Waals surface area contributed by atoms with Crippen molar-refractivity contribution in [2.45, 2.75) is 44.3 Å². The Morgan fingerprint density at radius 2 is 1.79 bits per heavy atom. The van der Waals surface area contributed by atoms with Crippen LogP contribution in [-0.2, 0) is 25.8 Å². The molecule has 8 nitrogen and oxygen atoms in total. The average molecular weight is 545 g/mol. The molecule has 3 heterocycles. The molecule has 5 rings (SSSR count). The van der Waals surface area contributed by atoms with Gasteiger partial charge >= 0.3 is 0 Å². The Bertz CT molecular complexity index is 1640. The van der Waals surface area contributed by atoms with Gasteiger partial charge in [-0.05, 0) is 68.1 Å². The van der Waals surface area contributed by atoms with Gasteiger partial charge in [0.15, 0.2) is 9.84 Å². The molecular formula is C30H32N4O4S. The number of morpholine rings is 1. The lowest BCUT2D eigenvalue weighted by Crippen LogP contribution is -2.45. The molecule has 0 spiro atoms. The fraction of sp³-hybridized carbons (Fsp3) is 0.300. The van der Waals surface area contributed by atoms with Crippen molar-refractivity contribution >= 4 is 38.0 Å². The summed E-state index contributed by atoms with van der Waals surface area (Å²) in [4.78, 5) is 24.6. The maximum atomic E-state index is 12.8. The molecule has 0 radical (unpaired) electrons. The topological polar surface area (TPSA) is 101 Å². The molecule has 0 unspecified atom stereocenters. The van der Waals surface area contributed by atoms with Crippen LogP contribution in [-0.4, -0.2) is 55.8 Å². The lowest BCUT2D eigenvalue weighted by Gasteiger charge is -2.36. The van der Waals surface area contributed by atoms with Gasteiger partial charge in [0, 0.05) is 42.2 Å². The summed E-state index contributed by atoms with van der Waals surface area (Å²) in [6.07, 6.45) is 3.27. The van der Waals surface area contributed by atoms with E-state index in [1.165, 1.54) is 6.07 Å². The number of sulfone groups is 1. The van der Waals surface area contributed by atoms with Crippen LogP contribution in [0.4, 0.5) is 11.5 Å². The van der Waals surface area contributed by atoms with Crippen molar-refractivity contribution in [3.05, 3.63) is 78.1 Å². The van der Waals surface area contributed by atoms with Crippen LogP contribution in [0.2, 0.25) is 0 Å². The minimum absolute atomic E-state index is 0.0589. The SMILES string of the molecule is Cc1ccc(NC(=O)Cc2cc3cc(-c4cccc(N5C[C@@H](C)O[C@@H](C)C5)n4)ccc3cn2)cc1S(C)(=O)=O. The second kappa shape index (κ2) is 10.7. The number of ether oxygens (including phenoxy) is 1. The molecule has 2 aromatic carbocycles. The number of anilines is 2. The molecule has 39 heavy (non-hydrogen) atoms. The second-order valence-corrected chi connectivity index (χ2v) is 12.2.